The molecule has 3 aromatic rings. The second-order valence-electron chi connectivity index (χ2n) is 7.61. The van der Waals surface area contributed by atoms with Gasteiger partial charge in [0.15, 0.2) is 5.16 Å². The number of nitrogens with zero attached hydrogens (tertiary/aromatic N) is 3. The van der Waals surface area contributed by atoms with Crippen LogP contribution in [0, 0.1) is 0 Å². The summed E-state index contributed by atoms with van der Waals surface area (Å²) in [5.41, 5.74) is 2.58. The molecule has 2 atom stereocenters. The van der Waals surface area contributed by atoms with Crippen molar-refractivity contribution in [3.63, 3.8) is 0 Å². The number of rotatable bonds is 5. The third kappa shape index (κ3) is 3.69. The van der Waals surface area contributed by atoms with Crippen LogP contribution >= 0.6 is 11.8 Å². The Balaban J connectivity index is 1.83. The van der Waals surface area contributed by atoms with E-state index in [1.807, 2.05) is 37.4 Å². The van der Waals surface area contributed by atoms with Gasteiger partial charge in [0, 0.05) is 13.6 Å². The molecule has 0 aliphatic carbocycles. The maximum absolute atomic E-state index is 13.4. The summed E-state index contributed by atoms with van der Waals surface area (Å²) in [5, 5.41) is 0.940. The first-order valence-corrected chi connectivity index (χ1v) is 10.9. The van der Waals surface area contributed by atoms with E-state index in [2.05, 4.69) is 26.0 Å². The molecular formula is C23H25N3O2S. The zero-order valence-corrected chi connectivity index (χ0v) is 17.8. The van der Waals surface area contributed by atoms with Gasteiger partial charge in [-0.2, -0.15) is 0 Å². The van der Waals surface area contributed by atoms with Crippen LogP contribution in [0.25, 0.3) is 16.6 Å². The molecule has 1 saturated heterocycles. The lowest BCUT2D eigenvalue weighted by atomic mass is 9.98. The number of aromatic nitrogens is 2. The highest BCUT2D eigenvalue weighted by Crippen LogP contribution is 2.31. The summed E-state index contributed by atoms with van der Waals surface area (Å²) in [5.74, 6) is 0.562. The van der Waals surface area contributed by atoms with Crippen molar-refractivity contribution in [3.05, 3.63) is 64.4 Å². The van der Waals surface area contributed by atoms with Crippen LogP contribution in [0.5, 0.6) is 0 Å². The number of amides is 1. The highest BCUT2D eigenvalue weighted by atomic mass is 32.2. The van der Waals surface area contributed by atoms with Gasteiger partial charge in [-0.05, 0) is 48.6 Å². The third-order valence-corrected chi connectivity index (χ3v) is 6.91. The average molecular weight is 408 g/mol. The quantitative estimate of drug-likeness (QED) is 0.594. The molecule has 2 aromatic carbocycles. The van der Waals surface area contributed by atoms with Gasteiger partial charge in [0.25, 0.3) is 5.56 Å². The summed E-state index contributed by atoms with van der Waals surface area (Å²) >= 11 is 1.39. The fraction of sp³-hybridized carbons (Fsp3) is 0.348. The maximum atomic E-state index is 13.4. The van der Waals surface area contributed by atoms with E-state index in [4.69, 9.17) is 4.98 Å². The Morgan fingerprint density at radius 3 is 2.52 bits per heavy atom. The molecule has 1 amide bonds. The number of hydrogen-bond donors (Lipinski definition) is 0. The number of likely N-dealkylation sites (tertiary alicyclic amines) is 1. The Hall–Kier alpha value is -2.60. The van der Waals surface area contributed by atoms with E-state index >= 15 is 0 Å². The first-order valence-electron chi connectivity index (χ1n) is 10.0. The molecular weight excluding hydrogens is 382 g/mol. The van der Waals surface area contributed by atoms with Gasteiger partial charge in [0.1, 0.15) is 0 Å². The lowest BCUT2D eigenvalue weighted by Gasteiger charge is -2.16. The van der Waals surface area contributed by atoms with Crippen LogP contribution in [0.3, 0.4) is 0 Å². The molecule has 2 heterocycles. The van der Waals surface area contributed by atoms with Crippen LogP contribution in [0.1, 0.15) is 38.2 Å². The van der Waals surface area contributed by atoms with Crippen LogP contribution in [0.4, 0.5) is 0 Å². The number of thioether (sulfide) groups is 1. The normalized spacial score (nSPS) is 17.8. The highest BCUT2D eigenvalue weighted by molar-refractivity contribution is 8.00. The summed E-state index contributed by atoms with van der Waals surface area (Å²) in [7, 11) is 1.82. The van der Waals surface area contributed by atoms with Crippen molar-refractivity contribution in [1.82, 2.24) is 14.5 Å². The molecule has 0 bridgehead atoms. The molecule has 5 nitrogen and oxygen atoms in total. The van der Waals surface area contributed by atoms with Crippen LogP contribution in [0.15, 0.2) is 58.5 Å². The number of fused-ring (bicyclic) bond motifs is 1. The molecule has 2 unspecified atom stereocenters. The Bertz CT molecular complexity index is 1110. The molecule has 1 aliphatic rings. The minimum atomic E-state index is -0.210. The molecule has 6 heteroatoms. The van der Waals surface area contributed by atoms with Gasteiger partial charge in [-0.15, -0.1) is 0 Å². The van der Waals surface area contributed by atoms with E-state index in [-0.39, 0.29) is 16.7 Å². The summed E-state index contributed by atoms with van der Waals surface area (Å²) < 4.78 is 1.65. The monoisotopic (exact) mass is 407 g/mol. The molecule has 4 rings (SSSR count). The van der Waals surface area contributed by atoms with Gasteiger partial charge in [-0.1, -0.05) is 49.9 Å². The van der Waals surface area contributed by atoms with Crippen molar-refractivity contribution in [3.8, 4) is 5.69 Å². The SMILES string of the molecule is CCC(C)c1ccc(-n2c(SC3CCN(C)C3=O)nc3ccccc3c2=O)cc1. The van der Waals surface area contributed by atoms with E-state index in [0.29, 0.717) is 22.0 Å². The molecule has 150 valence electrons. The van der Waals surface area contributed by atoms with Gasteiger partial charge in [0.05, 0.1) is 21.8 Å². The lowest BCUT2D eigenvalue weighted by molar-refractivity contribution is -0.126. The summed E-state index contributed by atoms with van der Waals surface area (Å²) in [4.78, 5) is 32.3. The number of para-hydroxylation sites is 1. The second-order valence-corrected chi connectivity index (χ2v) is 8.78. The van der Waals surface area contributed by atoms with Crippen molar-refractivity contribution in [1.29, 1.82) is 0 Å². The predicted molar refractivity (Wildman–Crippen MR) is 118 cm³/mol. The summed E-state index contributed by atoms with van der Waals surface area (Å²) in [6.45, 7) is 5.10. The topological polar surface area (TPSA) is 55.2 Å². The van der Waals surface area contributed by atoms with Crippen LogP contribution in [-0.2, 0) is 4.79 Å². The first kappa shape index (κ1) is 19.7. The fourth-order valence-electron chi connectivity index (χ4n) is 3.63. The number of benzene rings is 2. The van der Waals surface area contributed by atoms with Crippen molar-refractivity contribution in [2.45, 2.75) is 43.0 Å². The van der Waals surface area contributed by atoms with E-state index in [0.717, 1.165) is 25.1 Å². The Morgan fingerprint density at radius 1 is 1.14 bits per heavy atom. The van der Waals surface area contributed by atoms with Crippen molar-refractivity contribution in [2.75, 3.05) is 13.6 Å². The average Bonchev–Trinajstić information content (AvgIpc) is 3.06. The molecule has 0 radical (unpaired) electrons. The van der Waals surface area contributed by atoms with Gasteiger partial charge >= 0.3 is 0 Å². The Kier molecular flexibility index (Phi) is 5.46. The van der Waals surface area contributed by atoms with Gasteiger partial charge < -0.3 is 4.90 Å². The molecule has 1 aliphatic heterocycles. The minimum absolute atomic E-state index is 0.0936. The lowest BCUT2D eigenvalue weighted by Crippen LogP contribution is -2.26. The predicted octanol–water partition coefficient (Wildman–Crippen LogP) is 4.22. The number of carbonyl (C=O) groups excluding carboxylic acids is 1. The van der Waals surface area contributed by atoms with E-state index in [1.165, 1.54) is 17.3 Å². The standard InChI is InChI=1S/C23H25N3O2S/c1-4-15(2)16-9-11-17(12-10-16)26-21(27)18-7-5-6-8-19(18)24-23(26)29-20-13-14-25(3)22(20)28/h5-12,15,20H,4,13-14H2,1-3H3. The zero-order valence-electron chi connectivity index (χ0n) is 17.0. The van der Waals surface area contributed by atoms with Gasteiger partial charge in [-0.25, -0.2) is 4.98 Å². The largest absolute Gasteiger partial charge is 0.345 e. The Morgan fingerprint density at radius 2 is 1.86 bits per heavy atom. The number of carbonyl (C=O) groups is 1. The maximum Gasteiger partial charge on any atom is 0.266 e. The summed E-state index contributed by atoms with van der Waals surface area (Å²) in [6.07, 6.45) is 1.82. The highest BCUT2D eigenvalue weighted by Gasteiger charge is 2.31. The minimum Gasteiger partial charge on any atom is -0.345 e. The second kappa shape index (κ2) is 8.03. The van der Waals surface area contributed by atoms with E-state index in [1.54, 1.807) is 15.5 Å². The van der Waals surface area contributed by atoms with E-state index in [9.17, 15) is 9.59 Å². The van der Waals surface area contributed by atoms with Crippen molar-refractivity contribution in [2.24, 2.45) is 0 Å². The molecule has 0 saturated carbocycles. The molecule has 0 N–H and O–H groups in total. The van der Waals surface area contributed by atoms with Gasteiger partial charge in [-0.3, -0.25) is 14.2 Å². The van der Waals surface area contributed by atoms with Crippen molar-refractivity contribution < 1.29 is 4.79 Å². The van der Waals surface area contributed by atoms with Crippen molar-refractivity contribution >= 4 is 28.6 Å². The molecule has 0 spiro atoms. The molecule has 1 fully saturated rings. The smallest absolute Gasteiger partial charge is 0.266 e. The third-order valence-electron chi connectivity index (χ3n) is 5.70. The van der Waals surface area contributed by atoms with Crippen LogP contribution < -0.4 is 5.56 Å². The van der Waals surface area contributed by atoms with Crippen LogP contribution in [-0.4, -0.2) is 39.2 Å². The molecule has 1 aromatic heterocycles. The summed E-state index contributed by atoms with van der Waals surface area (Å²) in [6, 6.07) is 15.5. The van der Waals surface area contributed by atoms with E-state index < -0.39 is 0 Å². The fourth-order valence-corrected chi connectivity index (χ4v) is 4.84. The van der Waals surface area contributed by atoms with Crippen LogP contribution in [0.2, 0.25) is 0 Å². The number of hydrogen-bond acceptors (Lipinski definition) is 4. The van der Waals surface area contributed by atoms with Gasteiger partial charge in [0.2, 0.25) is 5.91 Å². The molecule has 29 heavy (non-hydrogen) atoms. The first-order chi connectivity index (χ1) is 14.0. The Labute approximate surface area is 174 Å². The zero-order chi connectivity index (χ0) is 20.5.